The molecule has 0 aliphatic carbocycles. The summed E-state index contributed by atoms with van der Waals surface area (Å²) < 4.78 is 16.5. The van der Waals surface area contributed by atoms with Crippen molar-refractivity contribution < 1.29 is 13.9 Å². The zero-order chi connectivity index (χ0) is 13.5. The predicted molar refractivity (Wildman–Crippen MR) is 73.8 cm³/mol. The minimum absolute atomic E-state index is 0.556. The Labute approximate surface area is 115 Å². The second-order valence-corrected chi connectivity index (χ2v) is 5.69. The van der Waals surface area contributed by atoms with Gasteiger partial charge in [-0.25, -0.2) is 0 Å². The van der Waals surface area contributed by atoms with E-state index in [0.29, 0.717) is 18.4 Å². The quantitative estimate of drug-likeness (QED) is 0.786. The van der Waals surface area contributed by atoms with E-state index in [1.54, 1.807) is 0 Å². The van der Waals surface area contributed by atoms with Crippen molar-refractivity contribution in [2.45, 2.75) is 33.4 Å². The fourth-order valence-electron chi connectivity index (χ4n) is 2.14. The van der Waals surface area contributed by atoms with E-state index in [9.17, 15) is 0 Å². The van der Waals surface area contributed by atoms with Crippen LogP contribution in [0, 0.1) is 11.8 Å². The molecule has 1 fully saturated rings. The molecular formula is C15H25NO3. The second kappa shape index (κ2) is 7.68. The lowest BCUT2D eigenvalue weighted by Crippen LogP contribution is -2.18. The molecule has 19 heavy (non-hydrogen) atoms. The number of rotatable bonds is 8. The van der Waals surface area contributed by atoms with Gasteiger partial charge in [0, 0.05) is 24.6 Å². The fourth-order valence-corrected chi connectivity index (χ4v) is 2.14. The van der Waals surface area contributed by atoms with Gasteiger partial charge in [-0.3, -0.25) is 0 Å². The monoisotopic (exact) mass is 267 g/mol. The van der Waals surface area contributed by atoms with E-state index in [1.807, 2.05) is 6.26 Å². The molecule has 2 rings (SSSR count). The number of ether oxygens (including phenoxy) is 2. The molecule has 0 spiro atoms. The summed E-state index contributed by atoms with van der Waals surface area (Å²) >= 11 is 0. The van der Waals surface area contributed by atoms with Gasteiger partial charge in [-0.15, -0.1) is 0 Å². The van der Waals surface area contributed by atoms with E-state index < -0.39 is 0 Å². The molecule has 4 nitrogen and oxygen atoms in total. The molecule has 1 aliphatic heterocycles. The van der Waals surface area contributed by atoms with E-state index in [4.69, 9.17) is 13.9 Å². The lowest BCUT2D eigenvalue weighted by molar-refractivity contribution is 0.0691. The summed E-state index contributed by atoms with van der Waals surface area (Å²) in [6.07, 6.45) is 2.92. The molecule has 1 aromatic rings. The number of hydrogen-bond donors (Lipinski definition) is 1. The van der Waals surface area contributed by atoms with Crippen LogP contribution in [0.1, 0.15) is 31.6 Å². The number of nitrogens with one attached hydrogen (secondary N) is 1. The summed E-state index contributed by atoms with van der Waals surface area (Å²) in [7, 11) is 0. The highest BCUT2D eigenvalue weighted by Gasteiger charge is 2.15. The molecule has 108 valence electrons. The van der Waals surface area contributed by atoms with Crippen molar-refractivity contribution in [3.8, 4) is 0 Å². The molecule has 1 saturated heterocycles. The molecule has 0 saturated carbocycles. The summed E-state index contributed by atoms with van der Waals surface area (Å²) in [6.45, 7) is 9.32. The van der Waals surface area contributed by atoms with E-state index >= 15 is 0 Å². The minimum Gasteiger partial charge on any atom is -0.467 e. The van der Waals surface area contributed by atoms with Crippen molar-refractivity contribution in [1.29, 1.82) is 0 Å². The largest absolute Gasteiger partial charge is 0.467 e. The van der Waals surface area contributed by atoms with Crippen molar-refractivity contribution in [3.05, 3.63) is 23.7 Å². The normalized spacial score (nSPS) is 19.4. The Morgan fingerprint density at radius 2 is 2.37 bits per heavy atom. The van der Waals surface area contributed by atoms with Gasteiger partial charge in [0.05, 0.1) is 19.5 Å². The van der Waals surface area contributed by atoms with Crippen LogP contribution >= 0.6 is 0 Å². The fraction of sp³-hybridized carbons (Fsp3) is 0.733. The third-order valence-electron chi connectivity index (χ3n) is 3.21. The van der Waals surface area contributed by atoms with Crippen molar-refractivity contribution in [2.75, 3.05) is 26.4 Å². The van der Waals surface area contributed by atoms with E-state index in [2.05, 4.69) is 25.2 Å². The molecule has 1 N–H and O–H groups in total. The molecule has 0 bridgehead atoms. The third kappa shape index (κ3) is 5.35. The van der Waals surface area contributed by atoms with Gasteiger partial charge in [-0.2, -0.15) is 0 Å². The molecule has 1 aliphatic rings. The van der Waals surface area contributed by atoms with Crippen LogP contribution in [0.2, 0.25) is 0 Å². The molecule has 0 amide bonds. The molecule has 4 heteroatoms. The van der Waals surface area contributed by atoms with E-state index in [1.165, 1.54) is 5.56 Å². The first-order chi connectivity index (χ1) is 9.24. The lowest BCUT2D eigenvalue weighted by Gasteiger charge is -2.06. The molecule has 1 unspecified atom stereocenters. The van der Waals surface area contributed by atoms with Crippen molar-refractivity contribution in [2.24, 2.45) is 11.8 Å². The maximum Gasteiger partial charge on any atom is 0.129 e. The van der Waals surface area contributed by atoms with Gasteiger partial charge < -0.3 is 19.2 Å². The summed E-state index contributed by atoms with van der Waals surface area (Å²) in [5, 5.41) is 3.40. The molecule has 1 atom stereocenters. The van der Waals surface area contributed by atoms with Gasteiger partial charge >= 0.3 is 0 Å². The standard InChI is InChI=1S/C15H25NO3/c1-12(2)6-16-7-14-5-15(19-10-14)11-18-9-13-3-4-17-8-13/h5,10,12-13,16H,3-4,6-9,11H2,1-2H3. The van der Waals surface area contributed by atoms with Crippen LogP contribution in [0.25, 0.3) is 0 Å². The van der Waals surface area contributed by atoms with Crippen molar-refractivity contribution in [3.63, 3.8) is 0 Å². The van der Waals surface area contributed by atoms with Crippen LogP contribution in [0.5, 0.6) is 0 Å². The molecule has 2 heterocycles. The number of furan rings is 1. The van der Waals surface area contributed by atoms with Gasteiger partial charge in [0.15, 0.2) is 0 Å². The molecule has 0 aromatic carbocycles. The van der Waals surface area contributed by atoms with Crippen LogP contribution in [-0.2, 0) is 22.6 Å². The lowest BCUT2D eigenvalue weighted by atomic mass is 10.1. The Morgan fingerprint density at radius 1 is 1.47 bits per heavy atom. The Kier molecular flexibility index (Phi) is 5.89. The van der Waals surface area contributed by atoms with Gasteiger partial charge in [0.2, 0.25) is 0 Å². The maximum atomic E-state index is 5.67. The summed E-state index contributed by atoms with van der Waals surface area (Å²) in [5.74, 6) is 2.13. The average molecular weight is 267 g/mol. The first kappa shape index (κ1) is 14.6. The van der Waals surface area contributed by atoms with E-state index in [0.717, 1.165) is 45.1 Å². The Morgan fingerprint density at radius 3 is 3.11 bits per heavy atom. The minimum atomic E-state index is 0.556. The highest BCUT2D eigenvalue weighted by molar-refractivity contribution is 5.12. The first-order valence-corrected chi connectivity index (χ1v) is 7.16. The smallest absolute Gasteiger partial charge is 0.129 e. The summed E-state index contributed by atoms with van der Waals surface area (Å²) in [6, 6.07) is 2.07. The SMILES string of the molecule is CC(C)CNCc1coc(COCC2CCOC2)c1. The van der Waals surface area contributed by atoms with E-state index in [-0.39, 0.29) is 0 Å². The molecule has 0 radical (unpaired) electrons. The Hall–Kier alpha value is -0.840. The van der Waals surface area contributed by atoms with Gasteiger partial charge in [-0.1, -0.05) is 13.8 Å². The second-order valence-electron chi connectivity index (χ2n) is 5.69. The zero-order valence-electron chi connectivity index (χ0n) is 12.0. The van der Waals surface area contributed by atoms with Crippen LogP contribution in [-0.4, -0.2) is 26.4 Å². The van der Waals surface area contributed by atoms with Crippen LogP contribution < -0.4 is 5.32 Å². The predicted octanol–water partition coefficient (Wildman–Crippen LogP) is 2.58. The highest BCUT2D eigenvalue weighted by atomic mass is 16.5. The Bertz CT molecular complexity index is 356. The maximum absolute atomic E-state index is 5.67. The molecule has 1 aromatic heterocycles. The third-order valence-corrected chi connectivity index (χ3v) is 3.21. The zero-order valence-corrected chi connectivity index (χ0v) is 12.0. The summed E-state index contributed by atoms with van der Waals surface area (Å²) in [4.78, 5) is 0. The van der Waals surface area contributed by atoms with Crippen LogP contribution in [0.4, 0.5) is 0 Å². The topological polar surface area (TPSA) is 43.6 Å². The van der Waals surface area contributed by atoms with Crippen molar-refractivity contribution >= 4 is 0 Å². The first-order valence-electron chi connectivity index (χ1n) is 7.16. The van der Waals surface area contributed by atoms with Gasteiger partial charge in [-0.05, 0) is 24.9 Å². The average Bonchev–Trinajstić information content (AvgIpc) is 3.00. The van der Waals surface area contributed by atoms with Crippen LogP contribution in [0.15, 0.2) is 16.7 Å². The van der Waals surface area contributed by atoms with Gasteiger partial charge in [0.1, 0.15) is 12.4 Å². The van der Waals surface area contributed by atoms with Crippen molar-refractivity contribution in [1.82, 2.24) is 5.32 Å². The van der Waals surface area contributed by atoms with Crippen LogP contribution in [0.3, 0.4) is 0 Å². The Balaban J connectivity index is 1.62. The molecular weight excluding hydrogens is 242 g/mol. The summed E-state index contributed by atoms with van der Waals surface area (Å²) in [5.41, 5.74) is 1.18. The van der Waals surface area contributed by atoms with Gasteiger partial charge in [0.25, 0.3) is 0 Å². The highest BCUT2D eigenvalue weighted by Crippen LogP contribution is 2.14. The number of hydrogen-bond acceptors (Lipinski definition) is 4.